The first-order valence-corrected chi connectivity index (χ1v) is 14.1. The summed E-state index contributed by atoms with van der Waals surface area (Å²) < 4.78 is 1.88. The summed E-state index contributed by atoms with van der Waals surface area (Å²) in [5.41, 5.74) is 2.70. The zero-order chi connectivity index (χ0) is 27.7. The van der Waals surface area contributed by atoms with Crippen molar-refractivity contribution in [1.82, 2.24) is 20.1 Å². The third kappa shape index (κ3) is 5.58. The van der Waals surface area contributed by atoms with E-state index in [0.717, 1.165) is 33.1 Å². The van der Waals surface area contributed by atoms with Gasteiger partial charge < -0.3 is 10.4 Å². The summed E-state index contributed by atoms with van der Waals surface area (Å²) in [4.78, 5) is 30.7. The minimum Gasteiger partial charge on any atom is -0.481 e. The molecular formula is C27H22Cl3N5O3S. The zero-order valence-electron chi connectivity index (χ0n) is 20.6. The van der Waals surface area contributed by atoms with Crippen LogP contribution in [-0.4, -0.2) is 37.5 Å². The van der Waals surface area contributed by atoms with Gasteiger partial charge in [-0.05, 0) is 43.2 Å². The number of carbonyl (C=O) groups is 2. The topological polar surface area (TPSA) is 109 Å². The molecule has 4 aromatic rings. The molecule has 12 heteroatoms. The molecule has 200 valence electrons. The standard InChI is InChI=1S/C27H22Cl3N5O3S/c1-2-15-12-17-24(16-5-3-4-6-18(16)28)31-13-22-33-34-25(35(22)27(17)39-15)21(9-10-23(36)37)32-26(38)14-7-8-19(29)20(30)11-14/h3-8,11-12,21H,2,9-10,13H2,1H3,(H,32,38)(H,36,37)/t21-/m0/s1. The van der Waals surface area contributed by atoms with Crippen molar-refractivity contribution >= 4 is 63.7 Å². The van der Waals surface area contributed by atoms with E-state index in [1.54, 1.807) is 17.4 Å². The van der Waals surface area contributed by atoms with Gasteiger partial charge in [-0.2, -0.15) is 0 Å². The van der Waals surface area contributed by atoms with Crippen molar-refractivity contribution < 1.29 is 14.7 Å². The van der Waals surface area contributed by atoms with Crippen molar-refractivity contribution in [1.29, 1.82) is 0 Å². The fraction of sp³-hybridized carbons (Fsp3) is 0.222. The average Bonchev–Trinajstić information content (AvgIpc) is 3.50. The maximum absolute atomic E-state index is 13.2. The normalized spacial score (nSPS) is 13.2. The Hall–Kier alpha value is -3.24. The number of aromatic nitrogens is 3. The second-order valence-electron chi connectivity index (χ2n) is 8.83. The van der Waals surface area contributed by atoms with E-state index in [9.17, 15) is 14.7 Å². The van der Waals surface area contributed by atoms with Gasteiger partial charge in [-0.1, -0.05) is 59.9 Å². The third-order valence-electron chi connectivity index (χ3n) is 6.28. The molecule has 0 unspecified atom stereocenters. The molecule has 0 saturated heterocycles. The smallest absolute Gasteiger partial charge is 0.303 e. The highest BCUT2D eigenvalue weighted by atomic mass is 35.5. The lowest BCUT2D eigenvalue weighted by atomic mass is 10.0. The number of fused-ring (bicyclic) bond motifs is 3. The lowest BCUT2D eigenvalue weighted by Gasteiger charge is -2.19. The van der Waals surface area contributed by atoms with Crippen molar-refractivity contribution in [3.05, 3.63) is 96.8 Å². The molecule has 0 aliphatic carbocycles. The van der Waals surface area contributed by atoms with Gasteiger partial charge in [-0.25, -0.2) is 0 Å². The van der Waals surface area contributed by atoms with E-state index in [1.807, 2.05) is 28.8 Å². The van der Waals surface area contributed by atoms with E-state index in [1.165, 1.54) is 12.1 Å². The molecule has 0 bridgehead atoms. The number of nitrogens with zero attached hydrogens (tertiary/aromatic N) is 4. The van der Waals surface area contributed by atoms with E-state index in [0.29, 0.717) is 21.7 Å². The minimum atomic E-state index is -0.992. The SMILES string of the molecule is CCc1cc2c(s1)-n1c(nnc1[C@H](CCC(=O)O)NC(=O)c1ccc(Cl)c(Cl)c1)CN=C2c1ccccc1Cl. The lowest BCUT2D eigenvalue weighted by molar-refractivity contribution is -0.137. The monoisotopic (exact) mass is 601 g/mol. The molecule has 39 heavy (non-hydrogen) atoms. The van der Waals surface area contributed by atoms with Crippen molar-refractivity contribution in [3.8, 4) is 5.00 Å². The number of thiophene rings is 1. The van der Waals surface area contributed by atoms with Crippen LogP contribution in [0.15, 0.2) is 53.5 Å². The number of rotatable bonds is 8. The van der Waals surface area contributed by atoms with Gasteiger partial charge in [0.1, 0.15) is 11.5 Å². The van der Waals surface area contributed by atoms with Crippen molar-refractivity contribution in [3.63, 3.8) is 0 Å². The summed E-state index contributed by atoms with van der Waals surface area (Å²) in [6, 6.07) is 13.4. The number of halogens is 3. The van der Waals surface area contributed by atoms with Crippen LogP contribution >= 0.6 is 46.1 Å². The minimum absolute atomic E-state index is 0.0973. The highest BCUT2D eigenvalue weighted by Gasteiger charge is 2.30. The highest BCUT2D eigenvalue weighted by Crippen LogP contribution is 2.36. The number of nitrogens with one attached hydrogen (secondary N) is 1. The van der Waals surface area contributed by atoms with Gasteiger partial charge in [-0.3, -0.25) is 19.1 Å². The van der Waals surface area contributed by atoms with Gasteiger partial charge in [0.25, 0.3) is 5.91 Å². The Morgan fingerprint density at radius 2 is 1.85 bits per heavy atom. The van der Waals surface area contributed by atoms with Gasteiger partial charge in [-0.15, -0.1) is 21.5 Å². The van der Waals surface area contributed by atoms with Crippen LogP contribution in [0.4, 0.5) is 0 Å². The summed E-state index contributed by atoms with van der Waals surface area (Å²) >= 11 is 20.3. The first-order valence-electron chi connectivity index (χ1n) is 12.1. The van der Waals surface area contributed by atoms with Crippen molar-refractivity contribution in [2.75, 3.05) is 0 Å². The second kappa shape index (κ2) is 11.5. The van der Waals surface area contributed by atoms with E-state index in [2.05, 4.69) is 28.5 Å². The van der Waals surface area contributed by atoms with Gasteiger partial charge in [0.05, 0.1) is 21.8 Å². The summed E-state index contributed by atoms with van der Waals surface area (Å²) in [6.07, 6.45) is 0.713. The van der Waals surface area contributed by atoms with Crippen LogP contribution in [0.25, 0.3) is 5.00 Å². The average molecular weight is 603 g/mol. The number of hydrogen-bond donors (Lipinski definition) is 2. The molecule has 1 aliphatic heterocycles. The Balaban J connectivity index is 1.59. The van der Waals surface area contributed by atoms with Crippen LogP contribution in [0.2, 0.25) is 15.1 Å². The van der Waals surface area contributed by atoms with Gasteiger partial charge in [0, 0.05) is 33.0 Å². The summed E-state index contributed by atoms with van der Waals surface area (Å²) in [5.74, 6) is -0.444. The molecule has 2 aromatic carbocycles. The number of carboxylic acids is 1. The largest absolute Gasteiger partial charge is 0.481 e. The fourth-order valence-corrected chi connectivity index (χ4v) is 6.00. The molecule has 2 aromatic heterocycles. The quantitative estimate of drug-likeness (QED) is 0.238. The van der Waals surface area contributed by atoms with E-state index < -0.39 is 17.9 Å². The molecule has 1 atom stereocenters. The maximum atomic E-state index is 13.2. The zero-order valence-corrected chi connectivity index (χ0v) is 23.7. The first-order chi connectivity index (χ1) is 18.8. The molecule has 0 spiro atoms. The molecular weight excluding hydrogens is 581 g/mol. The number of hydrogen-bond acceptors (Lipinski definition) is 6. The van der Waals surface area contributed by atoms with Crippen LogP contribution in [0.1, 0.15) is 63.8 Å². The summed E-state index contributed by atoms with van der Waals surface area (Å²) in [7, 11) is 0. The maximum Gasteiger partial charge on any atom is 0.303 e. The van der Waals surface area contributed by atoms with Crippen LogP contribution in [-0.2, 0) is 17.8 Å². The molecule has 2 N–H and O–H groups in total. The Bertz CT molecular complexity index is 1610. The first kappa shape index (κ1) is 27.3. The number of carboxylic acid groups (broad SMARTS) is 1. The van der Waals surface area contributed by atoms with E-state index in [-0.39, 0.29) is 30.0 Å². The van der Waals surface area contributed by atoms with Gasteiger partial charge in [0.2, 0.25) is 0 Å². The van der Waals surface area contributed by atoms with E-state index >= 15 is 0 Å². The Labute approximate surface area is 243 Å². The molecule has 1 amide bonds. The van der Waals surface area contributed by atoms with Crippen molar-refractivity contribution in [2.24, 2.45) is 4.99 Å². The van der Waals surface area contributed by atoms with Crippen LogP contribution < -0.4 is 5.32 Å². The number of aliphatic carboxylic acids is 1. The van der Waals surface area contributed by atoms with Crippen LogP contribution in [0.3, 0.4) is 0 Å². The molecule has 5 rings (SSSR count). The Morgan fingerprint density at radius 3 is 2.56 bits per heavy atom. The Kier molecular flexibility index (Phi) is 8.04. The predicted octanol–water partition coefficient (Wildman–Crippen LogP) is 6.54. The fourth-order valence-electron chi connectivity index (χ4n) is 4.35. The van der Waals surface area contributed by atoms with Crippen LogP contribution in [0.5, 0.6) is 0 Å². The summed E-state index contributed by atoms with van der Waals surface area (Å²) in [6.45, 7) is 2.29. The molecule has 0 fully saturated rings. The molecule has 0 saturated carbocycles. The molecule has 8 nitrogen and oxygen atoms in total. The number of amides is 1. The Morgan fingerprint density at radius 1 is 1.05 bits per heavy atom. The molecule has 0 radical (unpaired) electrons. The van der Waals surface area contributed by atoms with Gasteiger partial charge in [0.15, 0.2) is 11.6 Å². The number of carbonyl (C=O) groups excluding carboxylic acids is 1. The second-order valence-corrected chi connectivity index (χ2v) is 11.2. The van der Waals surface area contributed by atoms with Crippen molar-refractivity contribution in [2.45, 2.75) is 38.8 Å². The lowest BCUT2D eigenvalue weighted by Crippen LogP contribution is -2.31. The number of aryl methyl sites for hydroxylation is 1. The highest BCUT2D eigenvalue weighted by molar-refractivity contribution is 7.15. The van der Waals surface area contributed by atoms with Gasteiger partial charge >= 0.3 is 5.97 Å². The number of benzene rings is 2. The predicted molar refractivity (Wildman–Crippen MR) is 153 cm³/mol. The molecule has 1 aliphatic rings. The van der Waals surface area contributed by atoms with E-state index in [4.69, 9.17) is 39.8 Å². The number of aliphatic imine (C=N–C) groups is 1. The third-order valence-corrected chi connectivity index (χ3v) is 8.61. The summed E-state index contributed by atoms with van der Waals surface area (Å²) in [5, 5.41) is 23.1. The molecule has 3 heterocycles. The van der Waals surface area contributed by atoms with Crippen LogP contribution in [0, 0.1) is 0 Å².